The zero-order chi connectivity index (χ0) is 11.5. The van der Waals surface area contributed by atoms with Crippen LogP contribution in [0, 0.1) is 0 Å². The van der Waals surface area contributed by atoms with Gasteiger partial charge in [-0.1, -0.05) is 78.1 Å². The molecule has 0 aliphatic carbocycles. The third-order valence-corrected chi connectivity index (χ3v) is 3.67. The number of hydrogen-bond donors (Lipinski definition) is 0. The third-order valence-electron chi connectivity index (χ3n) is 2.10. The molecular weight excluding hydrogens is 392 g/mol. The Hall–Kier alpha value is 0.580. The molecule has 0 bridgehead atoms. The molecule has 0 saturated carbocycles. The topological polar surface area (TPSA) is 18.5 Å². The Labute approximate surface area is 115 Å². The Kier molecular flexibility index (Phi) is 4.80. The van der Waals surface area contributed by atoms with Crippen molar-refractivity contribution in [1.29, 1.82) is 0 Å². The van der Waals surface area contributed by atoms with Crippen LogP contribution in [-0.2, 0) is 15.3 Å². The highest BCUT2D eigenvalue weighted by Crippen LogP contribution is 2.51. The monoisotopic (exact) mass is 400 g/mol. The first kappa shape index (κ1) is 13.6. The molecule has 0 aliphatic rings. The Morgan fingerprint density at radius 2 is 1.40 bits per heavy atom. The minimum atomic E-state index is -0.936. The molecule has 0 fully saturated rings. The van der Waals surface area contributed by atoms with Crippen molar-refractivity contribution < 1.29 is 9.47 Å². The maximum absolute atomic E-state index is 5.47. The van der Waals surface area contributed by atoms with E-state index in [9.17, 15) is 0 Å². The number of ether oxygens (including phenoxy) is 2. The zero-order valence-electron chi connectivity index (χ0n) is 8.34. The van der Waals surface area contributed by atoms with Gasteiger partial charge in [-0.2, -0.15) is 0 Å². The van der Waals surface area contributed by atoms with Gasteiger partial charge in [0.1, 0.15) is 0 Å². The van der Waals surface area contributed by atoms with Crippen LogP contribution in [-0.4, -0.2) is 16.4 Å². The quantitative estimate of drug-likeness (QED) is 0.562. The third kappa shape index (κ3) is 2.64. The van der Waals surface area contributed by atoms with Crippen molar-refractivity contribution in [2.24, 2.45) is 0 Å². The highest BCUT2D eigenvalue weighted by atomic mass is 80.0. The normalized spacial score (nSPS) is 12.9. The number of rotatable bonds is 3. The fraction of sp³-hybridized carbons (Fsp3) is 0.400. The van der Waals surface area contributed by atoms with Gasteiger partial charge in [0.15, 0.2) is 2.14 Å². The molecule has 84 valence electrons. The summed E-state index contributed by atoms with van der Waals surface area (Å²) in [6.45, 7) is 0. The van der Waals surface area contributed by atoms with Crippen LogP contribution in [0.15, 0.2) is 30.3 Å². The van der Waals surface area contributed by atoms with Gasteiger partial charge >= 0.3 is 0 Å². The largest absolute Gasteiger partial charge is 0.347 e. The Balaban J connectivity index is 3.24. The lowest BCUT2D eigenvalue weighted by atomic mass is 10.1. The zero-order valence-corrected chi connectivity index (χ0v) is 13.1. The van der Waals surface area contributed by atoms with E-state index in [0.29, 0.717) is 0 Å². The lowest BCUT2D eigenvalue weighted by Crippen LogP contribution is -2.42. The van der Waals surface area contributed by atoms with Gasteiger partial charge in [0.2, 0.25) is 5.79 Å². The van der Waals surface area contributed by atoms with Crippen molar-refractivity contribution in [3.8, 4) is 0 Å². The average Bonchev–Trinajstić information content (AvgIpc) is 2.20. The first-order chi connectivity index (χ1) is 6.98. The predicted molar refractivity (Wildman–Crippen MR) is 71.7 cm³/mol. The van der Waals surface area contributed by atoms with E-state index in [4.69, 9.17) is 9.47 Å². The first-order valence-electron chi connectivity index (χ1n) is 4.20. The van der Waals surface area contributed by atoms with Crippen LogP contribution in [0.1, 0.15) is 5.56 Å². The van der Waals surface area contributed by atoms with E-state index >= 15 is 0 Å². The van der Waals surface area contributed by atoms with E-state index in [-0.39, 0.29) is 0 Å². The van der Waals surface area contributed by atoms with E-state index in [0.717, 1.165) is 5.56 Å². The van der Waals surface area contributed by atoms with Crippen LogP contribution in [0.25, 0.3) is 0 Å². The SMILES string of the molecule is COC(OC)(c1ccccc1)C(Br)(Br)Br. The van der Waals surface area contributed by atoms with Gasteiger partial charge in [-0.25, -0.2) is 0 Å². The van der Waals surface area contributed by atoms with Gasteiger partial charge in [0.25, 0.3) is 0 Å². The van der Waals surface area contributed by atoms with Crippen molar-refractivity contribution >= 4 is 47.8 Å². The molecule has 0 N–H and O–H groups in total. The van der Waals surface area contributed by atoms with Gasteiger partial charge in [-0.3, -0.25) is 0 Å². The molecule has 0 aromatic heterocycles. The van der Waals surface area contributed by atoms with Crippen molar-refractivity contribution in [3.05, 3.63) is 35.9 Å². The standard InChI is InChI=1S/C10H11Br3O2/c1-14-9(15-2,10(11,12)13)8-6-4-3-5-7-8/h3-7H,1-2H3. The predicted octanol–water partition coefficient (Wildman–Crippen LogP) is 3.97. The Morgan fingerprint density at radius 1 is 0.933 bits per heavy atom. The van der Waals surface area contributed by atoms with Gasteiger partial charge < -0.3 is 9.47 Å². The van der Waals surface area contributed by atoms with E-state index in [1.165, 1.54) is 0 Å². The molecular formula is C10H11Br3O2. The molecule has 0 unspecified atom stereocenters. The lowest BCUT2D eigenvalue weighted by Gasteiger charge is -2.38. The second kappa shape index (κ2) is 5.27. The molecule has 0 spiro atoms. The maximum Gasteiger partial charge on any atom is 0.230 e. The molecule has 2 nitrogen and oxygen atoms in total. The van der Waals surface area contributed by atoms with Crippen molar-refractivity contribution in [1.82, 2.24) is 0 Å². The number of halogens is 3. The van der Waals surface area contributed by atoms with Gasteiger partial charge in [0.05, 0.1) is 0 Å². The van der Waals surface area contributed by atoms with E-state index < -0.39 is 7.93 Å². The van der Waals surface area contributed by atoms with Gasteiger partial charge in [-0.05, 0) is 0 Å². The van der Waals surface area contributed by atoms with Gasteiger partial charge in [0, 0.05) is 19.8 Å². The molecule has 1 rings (SSSR count). The van der Waals surface area contributed by atoms with Crippen molar-refractivity contribution in [3.63, 3.8) is 0 Å². The summed E-state index contributed by atoms with van der Waals surface area (Å²) in [5, 5.41) is 0. The fourth-order valence-corrected chi connectivity index (χ4v) is 3.03. The minimum absolute atomic E-state index is 0.690. The molecule has 15 heavy (non-hydrogen) atoms. The van der Waals surface area contributed by atoms with Crippen LogP contribution >= 0.6 is 47.8 Å². The second-order valence-corrected chi connectivity index (χ2v) is 9.65. The Morgan fingerprint density at radius 3 is 1.73 bits per heavy atom. The van der Waals surface area contributed by atoms with Crippen molar-refractivity contribution in [2.75, 3.05) is 14.2 Å². The summed E-state index contributed by atoms with van der Waals surface area (Å²) < 4.78 is 10.3. The summed E-state index contributed by atoms with van der Waals surface area (Å²) in [6, 6.07) is 9.68. The maximum atomic E-state index is 5.47. The highest BCUT2D eigenvalue weighted by molar-refractivity contribution is 9.39. The fourth-order valence-electron chi connectivity index (χ4n) is 1.37. The molecule has 0 radical (unpaired) electrons. The first-order valence-corrected chi connectivity index (χ1v) is 6.58. The highest BCUT2D eigenvalue weighted by Gasteiger charge is 2.49. The molecule has 0 aliphatic heterocycles. The summed E-state index contributed by atoms with van der Waals surface area (Å²) >= 11 is 10.3. The molecule has 0 heterocycles. The summed E-state index contributed by atoms with van der Waals surface area (Å²) in [5.41, 5.74) is 0.903. The molecule has 5 heteroatoms. The number of benzene rings is 1. The van der Waals surface area contributed by atoms with Crippen LogP contribution in [0.3, 0.4) is 0 Å². The molecule has 0 atom stereocenters. The van der Waals surface area contributed by atoms with E-state index in [1.54, 1.807) is 14.2 Å². The van der Waals surface area contributed by atoms with Gasteiger partial charge in [-0.15, -0.1) is 0 Å². The summed E-state index contributed by atoms with van der Waals surface area (Å²) in [4.78, 5) is 0. The number of hydrogen-bond acceptors (Lipinski definition) is 2. The van der Waals surface area contributed by atoms with Crippen LogP contribution in [0.4, 0.5) is 0 Å². The number of alkyl halides is 3. The lowest BCUT2D eigenvalue weighted by molar-refractivity contribution is -0.205. The smallest absolute Gasteiger partial charge is 0.230 e. The van der Waals surface area contributed by atoms with Crippen LogP contribution in [0.5, 0.6) is 0 Å². The Bertz CT molecular complexity index is 304. The molecule has 0 amide bonds. The summed E-state index contributed by atoms with van der Waals surface area (Å²) in [5.74, 6) is -0.936. The summed E-state index contributed by atoms with van der Waals surface area (Å²) in [7, 11) is 3.18. The minimum Gasteiger partial charge on any atom is -0.347 e. The molecule has 1 aromatic rings. The van der Waals surface area contributed by atoms with Crippen LogP contribution in [0.2, 0.25) is 0 Å². The number of methoxy groups -OCH3 is 2. The van der Waals surface area contributed by atoms with E-state index in [2.05, 4.69) is 47.8 Å². The van der Waals surface area contributed by atoms with Crippen molar-refractivity contribution in [2.45, 2.75) is 7.93 Å². The van der Waals surface area contributed by atoms with E-state index in [1.807, 2.05) is 30.3 Å². The average molecular weight is 403 g/mol. The summed E-state index contributed by atoms with van der Waals surface area (Å²) in [6.07, 6.45) is 0. The molecule has 0 saturated heterocycles. The second-order valence-electron chi connectivity index (χ2n) is 2.89. The van der Waals surface area contributed by atoms with Crippen LogP contribution < -0.4 is 0 Å². The molecule has 1 aromatic carbocycles.